The summed E-state index contributed by atoms with van der Waals surface area (Å²) in [6.07, 6.45) is 0.966. The van der Waals surface area contributed by atoms with E-state index < -0.39 is 0 Å². The molecular formula is C12H28IN3O2. The molecule has 5 nitrogen and oxygen atoms in total. The van der Waals surface area contributed by atoms with Crippen LogP contribution in [0, 0.1) is 5.92 Å². The maximum absolute atomic E-state index is 8.92. The summed E-state index contributed by atoms with van der Waals surface area (Å²) < 4.78 is 5.26. The molecule has 0 heterocycles. The van der Waals surface area contributed by atoms with Gasteiger partial charge in [-0.2, -0.15) is 0 Å². The maximum atomic E-state index is 8.92. The van der Waals surface area contributed by atoms with Crippen LogP contribution in [0.25, 0.3) is 0 Å². The van der Waals surface area contributed by atoms with Gasteiger partial charge in [0.2, 0.25) is 0 Å². The fraction of sp³-hybridized carbons (Fsp3) is 0.917. The van der Waals surface area contributed by atoms with Crippen LogP contribution in [-0.2, 0) is 4.74 Å². The van der Waals surface area contributed by atoms with Crippen LogP contribution in [0.3, 0.4) is 0 Å². The van der Waals surface area contributed by atoms with Crippen LogP contribution in [0.2, 0.25) is 0 Å². The van der Waals surface area contributed by atoms with E-state index in [1.54, 1.807) is 0 Å². The van der Waals surface area contributed by atoms with Crippen LogP contribution < -0.4 is 10.6 Å². The first-order valence-corrected chi connectivity index (χ1v) is 6.45. The lowest BCUT2D eigenvalue weighted by Crippen LogP contribution is -2.38. The zero-order valence-electron chi connectivity index (χ0n) is 11.7. The number of rotatable bonds is 9. The molecule has 0 radical (unpaired) electrons. The highest BCUT2D eigenvalue weighted by Crippen LogP contribution is 1.92. The van der Waals surface area contributed by atoms with Crippen molar-refractivity contribution in [3.05, 3.63) is 0 Å². The number of nitrogens with zero attached hydrogens (tertiary/aromatic N) is 1. The largest absolute Gasteiger partial charge is 0.396 e. The molecule has 110 valence electrons. The number of nitrogens with one attached hydrogen (secondary N) is 2. The molecule has 0 fully saturated rings. The Morgan fingerprint density at radius 1 is 1.33 bits per heavy atom. The lowest BCUT2D eigenvalue weighted by atomic mass is 10.2. The SMILES string of the molecule is CCNC(=NCC(C)CO)NCCCOCC.I. The van der Waals surface area contributed by atoms with E-state index in [0.29, 0.717) is 6.54 Å². The summed E-state index contributed by atoms with van der Waals surface area (Å²) >= 11 is 0. The third-order valence-electron chi connectivity index (χ3n) is 2.18. The van der Waals surface area contributed by atoms with Gasteiger partial charge in [0.1, 0.15) is 0 Å². The highest BCUT2D eigenvalue weighted by Gasteiger charge is 2.00. The molecule has 1 unspecified atom stereocenters. The first-order valence-electron chi connectivity index (χ1n) is 6.45. The minimum absolute atomic E-state index is 0. The van der Waals surface area contributed by atoms with Gasteiger partial charge < -0.3 is 20.5 Å². The van der Waals surface area contributed by atoms with E-state index >= 15 is 0 Å². The first kappa shape index (κ1) is 20.2. The number of ether oxygens (including phenoxy) is 1. The Balaban J connectivity index is 0. The fourth-order valence-corrected chi connectivity index (χ4v) is 1.17. The third kappa shape index (κ3) is 12.4. The Morgan fingerprint density at radius 3 is 2.61 bits per heavy atom. The Labute approximate surface area is 128 Å². The second kappa shape index (κ2) is 15.0. The normalized spacial score (nSPS) is 12.8. The number of aliphatic hydroxyl groups is 1. The molecule has 0 saturated carbocycles. The van der Waals surface area contributed by atoms with Gasteiger partial charge >= 0.3 is 0 Å². The minimum atomic E-state index is 0. The summed E-state index contributed by atoms with van der Waals surface area (Å²) in [5, 5.41) is 15.3. The van der Waals surface area contributed by atoms with E-state index in [4.69, 9.17) is 9.84 Å². The molecule has 3 N–H and O–H groups in total. The van der Waals surface area contributed by atoms with Crippen molar-refractivity contribution < 1.29 is 9.84 Å². The number of halogens is 1. The Hall–Kier alpha value is -0.0800. The monoisotopic (exact) mass is 373 g/mol. The maximum Gasteiger partial charge on any atom is 0.191 e. The Morgan fingerprint density at radius 2 is 2.06 bits per heavy atom. The predicted octanol–water partition coefficient (Wildman–Crippen LogP) is 1.21. The average Bonchev–Trinajstić information content (AvgIpc) is 2.35. The van der Waals surface area contributed by atoms with Crippen molar-refractivity contribution in [2.45, 2.75) is 27.2 Å². The highest BCUT2D eigenvalue weighted by molar-refractivity contribution is 14.0. The van der Waals surface area contributed by atoms with Crippen molar-refractivity contribution in [1.82, 2.24) is 10.6 Å². The zero-order valence-corrected chi connectivity index (χ0v) is 14.1. The first-order chi connectivity index (χ1) is 8.24. The molecule has 0 aliphatic rings. The van der Waals surface area contributed by atoms with E-state index in [-0.39, 0.29) is 36.5 Å². The molecule has 0 saturated heterocycles. The van der Waals surface area contributed by atoms with Crippen LogP contribution >= 0.6 is 24.0 Å². The van der Waals surface area contributed by atoms with Gasteiger partial charge in [0.15, 0.2) is 5.96 Å². The predicted molar refractivity (Wildman–Crippen MR) is 86.8 cm³/mol. The number of guanidine groups is 1. The molecule has 0 aliphatic heterocycles. The summed E-state index contributed by atoms with van der Waals surface area (Å²) in [6, 6.07) is 0. The van der Waals surface area contributed by atoms with E-state index in [0.717, 1.165) is 38.7 Å². The van der Waals surface area contributed by atoms with Gasteiger partial charge in [-0.15, -0.1) is 24.0 Å². The van der Waals surface area contributed by atoms with Crippen molar-refractivity contribution in [2.24, 2.45) is 10.9 Å². The lowest BCUT2D eigenvalue weighted by molar-refractivity contribution is 0.145. The fourth-order valence-electron chi connectivity index (χ4n) is 1.17. The van der Waals surface area contributed by atoms with Crippen LogP contribution in [0.5, 0.6) is 0 Å². The number of aliphatic imine (C=N–C) groups is 1. The third-order valence-corrected chi connectivity index (χ3v) is 2.18. The molecule has 1 atom stereocenters. The molecule has 0 rings (SSSR count). The summed E-state index contributed by atoms with van der Waals surface area (Å²) in [6.45, 7) is 10.0. The summed E-state index contributed by atoms with van der Waals surface area (Å²) in [5.41, 5.74) is 0. The molecule has 0 aromatic carbocycles. The number of aliphatic hydroxyl groups excluding tert-OH is 1. The number of hydrogen-bond donors (Lipinski definition) is 3. The van der Waals surface area contributed by atoms with E-state index in [1.807, 2.05) is 20.8 Å². The molecule has 0 spiro atoms. The summed E-state index contributed by atoms with van der Waals surface area (Å²) in [7, 11) is 0. The zero-order chi connectivity index (χ0) is 12.9. The molecule has 0 amide bonds. The van der Waals surface area contributed by atoms with Crippen LogP contribution in [-0.4, -0.2) is 50.5 Å². The minimum Gasteiger partial charge on any atom is -0.396 e. The van der Waals surface area contributed by atoms with Crippen LogP contribution in [0.15, 0.2) is 4.99 Å². The van der Waals surface area contributed by atoms with Gasteiger partial charge in [0.25, 0.3) is 0 Å². The summed E-state index contributed by atoms with van der Waals surface area (Å²) in [4.78, 5) is 4.40. The standard InChI is InChI=1S/C12H27N3O2.HI/c1-4-13-12(15-9-11(3)10-16)14-7-6-8-17-5-2;/h11,16H,4-10H2,1-3H3,(H2,13,14,15);1H. The second-order valence-corrected chi connectivity index (χ2v) is 3.98. The van der Waals surface area contributed by atoms with Gasteiger partial charge in [-0.1, -0.05) is 6.92 Å². The highest BCUT2D eigenvalue weighted by atomic mass is 127. The van der Waals surface area contributed by atoms with Crippen molar-refractivity contribution in [1.29, 1.82) is 0 Å². The van der Waals surface area contributed by atoms with E-state index in [1.165, 1.54) is 0 Å². The Bertz CT molecular complexity index is 204. The molecular weight excluding hydrogens is 345 g/mol. The lowest BCUT2D eigenvalue weighted by Gasteiger charge is -2.12. The Kier molecular flexibility index (Phi) is 16.8. The average molecular weight is 373 g/mol. The molecule has 0 aliphatic carbocycles. The topological polar surface area (TPSA) is 65.9 Å². The van der Waals surface area contributed by atoms with E-state index in [2.05, 4.69) is 15.6 Å². The molecule has 0 aromatic heterocycles. The summed E-state index contributed by atoms with van der Waals surface area (Å²) in [5.74, 6) is 1.01. The van der Waals surface area contributed by atoms with Gasteiger partial charge in [-0.3, -0.25) is 4.99 Å². The van der Waals surface area contributed by atoms with Crippen LogP contribution in [0.1, 0.15) is 27.2 Å². The molecule has 18 heavy (non-hydrogen) atoms. The molecule has 0 aromatic rings. The molecule has 6 heteroatoms. The number of hydrogen-bond acceptors (Lipinski definition) is 3. The van der Waals surface area contributed by atoms with Crippen molar-refractivity contribution >= 4 is 29.9 Å². The van der Waals surface area contributed by atoms with Crippen molar-refractivity contribution in [3.63, 3.8) is 0 Å². The van der Waals surface area contributed by atoms with Gasteiger partial charge in [0, 0.05) is 39.5 Å². The van der Waals surface area contributed by atoms with Crippen LogP contribution in [0.4, 0.5) is 0 Å². The molecule has 0 bridgehead atoms. The smallest absolute Gasteiger partial charge is 0.191 e. The second-order valence-electron chi connectivity index (χ2n) is 3.98. The quantitative estimate of drug-likeness (QED) is 0.246. The van der Waals surface area contributed by atoms with Crippen molar-refractivity contribution in [2.75, 3.05) is 39.5 Å². The van der Waals surface area contributed by atoms with E-state index in [9.17, 15) is 0 Å². The van der Waals surface area contributed by atoms with Gasteiger partial charge in [-0.25, -0.2) is 0 Å². The van der Waals surface area contributed by atoms with Crippen molar-refractivity contribution in [3.8, 4) is 0 Å². The van der Waals surface area contributed by atoms with Gasteiger partial charge in [-0.05, 0) is 26.2 Å². The van der Waals surface area contributed by atoms with Gasteiger partial charge in [0.05, 0.1) is 0 Å².